The minimum Gasteiger partial charge on any atom is -0.321 e. The maximum Gasteiger partial charge on any atom is 0.282 e. The molecule has 4 aromatic rings. The molecule has 10 heteroatoms. The van der Waals surface area contributed by atoms with Gasteiger partial charge in [-0.25, -0.2) is 0 Å². The van der Waals surface area contributed by atoms with Crippen molar-refractivity contribution in [2.45, 2.75) is 4.90 Å². The fourth-order valence-electron chi connectivity index (χ4n) is 3.47. The van der Waals surface area contributed by atoms with E-state index in [1.54, 1.807) is 42.5 Å². The predicted molar refractivity (Wildman–Crippen MR) is 128 cm³/mol. The van der Waals surface area contributed by atoms with Gasteiger partial charge < -0.3 is 5.32 Å². The van der Waals surface area contributed by atoms with Gasteiger partial charge in [0.2, 0.25) is 5.12 Å². The van der Waals surface area contributed by atoms with E-state index in [1.807, 2.05) is 0 Å². The number of hydrogen-bond donors (Lipinski definition) is 1. The molecule has 34 heavy (non-hydrogen) atoms. The summed E-state index contributed by atoms with van der Waals surface area (Å²) in [6.07, 6.45) is 0. The van der Waals surface area contributed by atoms with Gasteiger partial charge in [0.25, 0.3) is 17.3 Å². The van der Waals surface area contributed by atoms with Crippen molar-refractivity contribution in [3.05, 3.63) is 116 Å². The van der Waals surface area contributed by atoms with E-state index in [9.17, 15) is 29.8 Å². The highest BCUT2D eigenvalue weighted by molar-refractivity contribution is 8.14. The molecular weight excluding hydrogens is 458 g/mol. The lowest BCUT2D eigenvalue weighted by atomic mass is 10.1. The Hall–Kier alpha value is -4.57. The lowest BCUT2D eigenvalue weighted by molar-refractivity contribution is -0.385. The van der Waals surface area contributed by atoms with Gasteiger partial charge in [0.15, 0.2) is 0 Å². The molecular formula is C24H15N3O6S. The zero-order valence-electron chi connectivity index (χ0n) is 17.3. The van der Waals surface area contributed by atoms with E-state index in [0.717, 1.165) is 11.8 Å². The molecule has 0 spiro atoms. The number of thioether (sulfide) groups is 1. The number of benzene rings is 4. The number of para-hydroxylation sites is 2. The molecule has 0 radical (unpaired) electrons. The first-order chi connectivity index (χ1) is 16.4. The van der Waals surface area contributed by atoms with Crippen LogP contribution in [0.1, 0.15) is 20.7 Å². The molecule has 0 saturated heterocycles. The molecule has 0 atom stereocenters. The normalized spacial score (nSPS) is 10.6. The number of rotatable bonds is 6. The van der Waals surface area contributed by atoms with Gasteiger partial charge in [0.1, 0.15) is 11.1 Å². The van der Waals surface area contributed by atoms with Gasteiger partial charge in [-0.3, -0.25) is 29.8 Å². The summed E-state index contributed by atoms with van der Waals surface area (Å²) < 4.78 is 0. The number of amides is 1. The highest BCUT2D eigenvalue weighted by Gasteiger charge is 2.23. The van der Waals surface area contributed by atoms with Crippen molar-refractivity contribution in [1.82, 2.24) is 0 Å². The third kappa shape index (κ3) is 4.48. The number of nitro benzene ring substituents is 2. The number of nitrogens with zero attached hydrogens (tertiary/aromatic N) is 2. The van der Waals surface area contributed by atoms with Crippen LogP contribution in [0.3, 0.4) is 0 Å². The second-order valence-corrected chi connectivity index (χ2v) is 8.07. The zero-order chi connectivity index (χ0) is 24.2. The molecule has 0 aliphatic heterocycles. The molecule has 1 amide bonds. The Morgan fingerprint density at radius 1 is 0.706 bits per heavy atom. The topological polar surface area (TPSA) is 132 Å². The summed E-state index contributed by atoms with van der Waals surface area (Å²) in [6, 6.07) is 21.5. The average molecular weight is 473 g/mol. The Labute approximate surface area is 196 Å². The number of carbonyl (C=O) groups excluding carboxylic acids is 2. The van der Waals surface area contributed by atoms with Crippen molar-refractivity contribution < 1.29 is 19.4 Å². The molecule has 0 fully saturated rings. The van der Waals surface area contributed by atoms with Crippen LogP contribution in [0.4, 0.5) is 17.1 Å². The fourth-order valence-corrected chi connectivity index (χ4v) is 4.43. The van der Waals surface area contributed by atoms with Crippen molar-refractivity contribution in [2.24, 2.45) is 0 Å². The van der Waals surface area contributed by atoms with E-state index in [4.69, 9.17) is 0 Å². The predicted octanol–water partition coefficient (Wildman–Crippen LogP) is 5.84. The summed E-state index contributed by atoms with van der Waals surface area (Å²) in [7, 11) is 0. The van der Waals surface area contributed by atoms with Crippen LogP contribution in [-0.2, 0) is 0 Å². The molecule has 4 rings (SSSR count). The van der Waals surface area contributed by atoms with Crippen LogP contribution in [0.5, 0.6) is 0 Å². The average Bonchev–Trinajstić information content (AvgIpc) is 2.84. The van der Waals surface area contributed by atoms with Gasteiger partial charge in [-0.15, -0.1) is 0 Å². The lowest BCUT2D eigenvalue weighted by Gasteiger charge is -2.12. The van der Waals surface area contributed by atoms with Gasteiger partial charge in [-0.05, 0) is 41.4 Å². The van der Waals surface area contributed by atoms with Crippen molar-refractivity contribution in [3.63, 3.8) is 0 Å². The molecule has 4 aromatic carbocycles. The van der Waals surface area contributed by atoms with Crippen LogP contribution in [0.15, 0.2) is 89.8 Å². The van der Waals surface area contributed by atoms with Gasteiger partial charge in [0.05, 0.1) is 15.5 Å². The Morgan fingerprint density at radius 2 is 1.26 bits per heavy atom. The monoisotopic (exact) mass is 473 g/mol. The van der Waals surface area contributed by atoms with E-state index >= 15 is 0 Å². The SMILES string of the molecule is O=C(Nc1cccc2cccc(SC(=O)c3ccccc3[N+](=O)[O-])c12)c1ccccc1[N+](=O)[O-]. The Bertz CT molecular complexity index is 1360. The summed E-state index contributed by atoms with van der Waals surface area (Å²) >= 11 is 0.800. The van der Waals surface area contributed by atoms with Crippen LogP contribution in [0.2, 0.25) is 0 Å². The van der Waals surface area contributed by atoms with E-state index in [2.05, 4.69) is 5.32 Å². The molecule has 0 unspecified atom stereocenters. The molecule has 0 heterocycles. The minimum atomic E-state index is -0.676. The van der Waals surface area contributed by atoms with Crippen LogP contribution in [0, 0.1) is 20.2 Å². The zero-order valence-corrected chi connectivity index (χ0v) is 18.2. The molecule has 1 N–H and O–H groups in total. The number of fused-ring (bicyclic) bond motifs is 1. The number of anilines is 1. The Kier molecular flexibility index (Phi) is 6.33. The van der Waals surface area contributed by atoms with E-state index in [0.29, 0.717) is 21.4 Å². The highest BCUT2D eigenvalue weighted by Crippen LogP contribution is 2.36. The number of carbonyl (C=O) groups is 2. The smallest absolute Gasteiger partial charge is 0.282 e. The molecule has 9 nitrogen and oxygen atoms in total. The van der Waals surface area contributed by atoms with Crippen molar-refractivity contribution in [2.75, 3.05) is 5.32 Å². The molecule has 0 aromatic heterocycles. The summed E-state index contributed by atoms with van der Waals surface area (Å²) in [5.41, 5.74) is -0.438. The summed E-state index contributed by atoms with van der Waals surface area (Å²) in [5.74, 6) is -0.676. The Balaban J connectivity index is 1.73. The third-order valence-corrected chi connectivity index (χ3v) is 5.95. The summed E-state index contributed by atoms with van der Waals surface area (Å²) in [5, 5.41) is 26.1. The standard InChI is InChI=1S/C24H15N3O6S/c28-23(16-9-1-3-12-19(16)26(30)31)25-18-11-5-7-15-8-6-14-21(22(15)18)34-24(29)17-10-2-4-13-20(17)27(32)33/h1-14H,(H,25,28). The largest absolute Gasteiger partial charge is 0.321 e. The first kappa shape index (κ1) is 22.6. The van der Waals surface area contributed by atoms with Crippen LogP contribution in [-0.4, -0.2) is 20.9 Å². The summed E-state index contributed by atoms with van der Waals surface area (Å²) in [4.78, 5) is 47.7. The van der Waals surface area contributed by atoms with E-state index in [1.165, 1.54) is 42.5 Å². The molecule has 0 saturated carbocycles. The molecule has 0 bridgehead atoms. The number of hydrogen-bond acceptors (Lipinski definition) is 7. The minimum absolute atomic E-state index is 0.0454. The van der Waals surface area contributed by atoms with E-state index in [-0.39, 0.29) is 22.5 Å². The maximum absolute atomic E-state index is 13.0. The first-order valence-electron chi connectivity index (χ1n) is 9.89. The fraction of sp³-hybridized carbons (Fsp3) is 0. The highest BCUT2D eigenvalue weighted by atomic mass is 32.2. The van der Waals surface area contributed by atoms with Gasteiger partial charge >= 0.3 is 0 Å². The molecule has 0 aliphatic rings. The Morgan fingerprint density at radius 3 is 1.91 bits per heavy atom. The van der Waals surface area contributed by atoms with Crippen molar-refractivity contribution in [3.8, 4) is 0 Å². The third-order valence-electron chi connectivity index (χ3n) is 4.98. The summed E-state index contributed by atoms with van der Waals surface area (Å²) in [6.45, 7) is 0. The second kappa shape index (κ2) is 9.51. The molecule has 168 valence electrons. The van der Waals surface area contributed by atoms with Gasteiger partial charge in [-0.2, -0.15) is 0 Å². The second-order valence-electron chi connectivity index (χ2n) is 7.05. The first-order valence-corrected chi connectivity index (χ1v) is 10.7. The van der Waals surface area contributed by atoms with Crippen LogP contribution in [0.25, 0.3) is 10.8 Å². The van der Waals surface area contributed by atoms with Gasteiger partial charge in [0, 0.05) is 22.4 Å². The van der Waals surface area contributed by atoms with Gasteiger partial charge in [-0.1, -0.05) is 48.5 Å². The van der Waals surface area contributed by atoms with Crippen LogP contribution < -0.4 is 5.32 Å². The lowest BCUT2D eigenvalue weighted by Crippen LogP contribution is -2.14. The van der Waals surface area contributed by atoms with E-state index < -0.39 is 20.9 Å². The quantitative estimate of drug-likeness (QED) is 0.211. The number of nitro groups is 2. The van der Waals surface area contributed by atoms with Crippen molar-refractivity contribution in [1.29, 1.82) is 0 Å². The maximum atomic E-state index is 13.0. The van der Waals surface area contributed by atoms with Crippen LogP contribution >= 0.6 is 11.8 Å². The van der Waals surface area contributed by atoms with Crippen molar-refractivity contribution >= 4 is 50.6 Å². The molecule has 0 aliphatic carbocycles. The number of nitrogens with one attached hydrogen (secondary N) is 1.